The van der Waals surface area contributed by atoms with Gasteiger partial charge in [-0.1, -0.05) is 0 Å². The highest BCUT2D eigenvalue weighted by Gasteiger charge is 2.49. The summed E-state index contributed by atoms with van der Waals surface area (Å²) in [4.78, 5) is 0. The summed E-state index contributed by atoms with van der Waals surface area (Å²) in [6.07, 6.45) is 5.21. The molecule has 0 aliphatic heterocycles. The maximum Gasteiger partial charge on any atom is 0.500 e. The van der Waals surface area contributed by atoms with E-state index in [-0.39, 0.29) is 0 Å². The molecule has 0 bridgehead atoms. The molecular formula is C26H64N2O12Si4. The first kappa shape index (κ1) is 44.3. The Balaban J connectivity index is 6.46. The Kier molecular flexibility index (Phi) is 21.5. The zero-order valence-electron chi connectivity index (χ0n) is 29.5. The summed E-state index contributed by atoms with van der Waals surface area (Å²) in [5.41, 5.74) is 13.4. The molecule has 266 valence electrons. The van der Waals surface area contributed by atoms with E-state index in [9.17, 15) is 0 Å². The van der Waals surface area contributed by atoms with Crippen molar-refractivity contribution in [1.82, 2.24) is 0 Å². The normalized spacial score (nSPS) is 14.0. The first-order chi connectivity index (χ1) is 20.8. The fraction of sp³-hybridized carbons (Fsp3) is 1.00. The topological polar surface area (TPSA) is 163 Å². The molecule has 0 aromatic heterocycles. The van der Waals surface area contributed by atoms with Crippen LogP contribution in [0.5, 0.6) is 0 Å². The van der Waals surface area contributed by atoms with Crippen molar-refractivity contribution in [1.29, 1.82) is 0 Å². The quantitative estimate of drug-likeness (QED) is 0.109. The molecule has 0 spiro atoms. The van der Waals surface area contributed by atoms with Crippen LogP contribution < -0.4 is 11.5 Å². The summed E-state index contributed by atoms with van der Waals surface area (Å²) in [5.74, 6) is 0. The monoisotopic (exact) mass is 708 g/mol. The molecule has 0 saturated carbocycles. The van der Waals surface area contributed by atoms with Gasteiger partial charge in [0.05, 0.1) is 0 Å². The molecule has 0 aliphatic carbocycles. The van der Waals surface area contributed by atoms with E-state index in [1.54, 1.807) is 85.3 Å². The van der Waals surface area contributed by atoms with Crippen LogP contribution in [0.3, 0.4) is 0 Å². The lowest BCUT2D eigenvalue weighted by molar-refractivity contribution is 0.106. The van der Waals surface area contributed by atoms with Gasteiger partial charge in [-0.25, -0.2) is 0 Å². The van der Waals surface area contributed by atoms with E-state index in [1.165, 1.54) is 0 Å². The van der Waals surface area contributed by atoms with E-state index < -0.39 is 46.3 Å². The van der Waals surface area contributed by atoms with Gasteiger partial charge in [-0.15, -0.1) is 0 Å². The van der Waals surface area contributed by atoms with Crippen molar-refractivity contribution in [2.45, 2.75) is 86.6 Å². The van der Waals surface area contributed by atoms with Gasteiger partial charge in [-0.3, -0.25) is 0 Å². The molecule has 0 amide bonds. The Labute approximate surface area is 271 Å². The third kappa shape index (κ3) is 12.1. The second-order valence-electron chi connectivity index (χ2n) is 10.9. The van der Waals surface area contributed by atoms with Crippen molar-refractivity contribution >= 4 is 35.2 Å². The van der Waals surface area contributed by atoms with E-state index in [0.717, 1.165) is 0 Å². The van der Waals surface area contributed by atoms with Gasteiger partial charge in [0.1, 0.15) is 0 Å². The summed E-state index contributed by atoms with van der Waals surface area (Å²) >= 11 is 0. The van der Waals surface area contributed by atoms with Crippen LogP contribution in [0.1, 0.15) is 51.4 Å². The van der Waals surface area contributed by atoms with Gasteiger partial charge >= 0.3 is 35.2 Å². The molecule has 0 aromatic rings. The third-order valence-corrected chi connectivity index (χ3v) is 20.5. The van der Waals surface area contributed by atoms with Gasteiger partial charge in [-0.05, 0) is 51.4 Å². The van der Waals surface area contributed by atoms with Crippen molar-refractivity contribution in [3.8, 4) is 0 Å². The van der Waals surface area contributed by atoms with Crippen LogP contribution in [0.2, 0.25) is 24.2 Å². The van der Waals surface area contributed by atoms with Crippen LogP contribution in [-0.2, 0) is 53.1 Å². The van der Waals surface area contributed by atoms with Crippen molar-refractivity contribution in [2.24, 2.45) is 11.5 Å². The molecule has 0 fully saturated rings. The van der Waals surface area contributed by atoms with E-state index in [1.807, 2.05) is 0 Å². The van der Waals surface area contributed by atoms with Gasteiger partial charge in [-0.2, -0.15) is 0 Å². The van der Waals surface area contributed by atoms with Crippen molar-refractivity contribution in [3.63, 3.8) is 0 Å². The standard InChI is InChI=1S/C26H64N2O12Si4/c1-29-41(30-2,31-3)21-13-17-25(27,18-14-22-42(32-4,33-5)34-6)26(28,19-15-23-43(35-7,36-8)37-9)20-16-24-44(38-10,39-11)40-12/h13-24,27-28H2,1-12H3. The third-order valence-electron chi connectivity index (χ3n) is 9.15. The molecule has 0 rings (SSSR count). The summed E-state index contributed by atoms with van der Waals surface area (Å²) in [5, 5.41) is 0. The van der Waals surface area contributed by atoms with Crippen LogP contribution in [0.4, 0.5) is 0 Å². The zero-order chi connectivity index (χ0) is 34.0. The predicted octanol–water partition coefficient (Wildman–Crippen LogP) is 3.01. The maximum absolute atomic E-state index is 7.47. The smallest absolute Gasteiger partial charge is 0.377 e. The summed E-state index contributed by atoms with van der Waals surface area (Å²) in [6, 6.07) is 2.38. The lowest BCUT2D eigenvalue weighted by Gasteiger charge is -2.48. The SMILES string of the molecule is CO[Si](CCCC(N)(CCC[Si](OC)(OC)OC)C(N)(CCC[Si](OC)(OC)OC)CCC[Si](OC)(OC)OC)(OC)OC. The highest BCUT2D eigenvalue weighted by Crippen LogP contribution is 2.39. The molecule has 18 heteroatoms. The Morgan fingerprint density at radius 1 is 0.318 bits per heavy atom. The minimum absolute atomic E-state index is 0.596. The largest absolute Gasteiger partial charge is 0.500 e. The number of hydrogen-bond donors (Lipinski definition) is 2. The van der Waals surface area contributed by atoms with Crippen LogP contribution in [0, 0.1) is 0 Å². The Bertz CT molecular complexity index is 601. The average molecular weight is 709 g/mol. The average Bonchev–Trinajstić information content (AvgIpc) is 3.06. The Morgan fingerprint density at radius 2 is 0.455 bits per heavy atom. The highest BCUT2D eigenvalue weighted by atomic mass is 28.4. The van der Waals surface area contributed by atoms with Crippen molar-refractivity contribution in [2.75, 3.05) is 85.3 Å². The first-order valence-electron chi connectivity index (χ1n) is 15.0. The van der Waals surface area contributed by atoms with Crippen LogP contribution >= 0.6 is 0 Å². The first-order valence-corrected chi connectivity index (χ1v) is 22.7. The fourth-order valence-electron chi connectivity index (χ4n) is 5.95. The minimum atomic E-state index is -2.82. The van der Waals surface area contributed by atoms with Crippen LogP contribution in [-0.4, -0.2) is 132 Å². The second kappa shape index (κ2) is 21.3. The van der Waals surface area contributed by atoms with Gasteiger partial charge < -0.3 is 64.6 Å². The molecule has 0 unspecified atom stereocenters. The summed E-state index contributed by atoms with van der Waals surface area (Å²) in [6.45, 7) is 0. The van der Waals surface area contributed by atoms with Crippen molar-refractivity contribution < 1.29 is 53.1 Å². The molecular weight excluding hydrogens is 645 g/mol. The number of rotatable bonds is 29. The second-order valence-corrected chi connectivity index (χ2v) is 23.3. The minimum Gasteiger partial charge on any atom is -0.377 e. The Hall–Kier alpha value is 0.308. The molecule has 0 aliphatic rings. The van der Waals surface area contributed by atoms with Crippen LogP contribution in [0.25, 0.3) is 0 Å². The van der Waals surface area contributed by atoms with E-state index in [2.05, 4.69) is 0 Å². The zero-order valence-corrected chi connectivity index (χ0v) is 33.5. The Morgan fingerprint density at radius 3 is 0.568 bits per heavy atom. The molecule has 14 nitrogen and oxygen atoms in total. The molecule has 0 radical (unpaired) electrons. The molecule has 0 heterocycles. The van der Waals surface area contributed by atoms with Crippen molar-refractivity contribution in [3.05, 3.63) is 0 Å². The fourth-order valence-corrected chi connectivity index (χ4v) is 12.8. The molecule has 0 saturated heterocycles. The molecule has 4 N–H and O–H groups in total. The van der Waals surface area contributed by atoms with Gasteiger partial charge in [0.25, 0.3) is 0 Å². The molecule has 0 aromatic carbocycles. The lowest BCUT2D eigenvalue weighted by Crippen LogP contribution is -2.66. The maximum atomic E-state index is 7.47. The predicted molar refractivity (Wildman–Crippen MR) is 177 cm³/mol. The number of nitrogens with two attached hydrogens (primary N) is 2. The lowest BCUT2D eigenvalue weighted by atomic mass is 9.68. The van der Waals surface area contributed by atoms with E-state index in [4.69, 9.17) is 64.6 Å². The van der Waals surface area contributed by atoms with Gasteiger partial charge in [0, 0.05) is 121 Å². The van der Waals surface area contributed by atoms with Crippen LogP contribution in [0.15, 0.2) is 0 Å². The van der Waals surface area contributed by atoms with E-state index >= 15 is 0 Å². The summed E-state index contributed by atoms with van der Waals surface area (Å²) in [7, 11) is 8.06. The molecule has 0 atom stereocenters. The number of hydrogen-bond acceptors (Lipinski definition) is 14. The summed E-state index contributed by atoms with van der Waals surface area (Å²) < 4.78 is 68.3. The van der Waals surface area contributed by atoms with Gasteiger partial charge in [0.2, 0.25) is 0 Å². The highest BCUT2D eigenvalue weighted by molar-refractivity contribution is 6.61. The van der Waals surface area contributed by atoms with E-state index in [0.29, 0.717) is 75.5 Å². The van der Waals surface area contributed by atoms with Gasteiger partial charge in [0.15, 0.2) is 0 Å². The molecule has 44 heavy (non-hydrogen) atoms.